The second-order valence-electron chi connectivity index (χ2n) is 5.21. The van der Waals surface area contributed by atoms with E-state index in [0.717, 1.165) is 10.2 Å². The molecule has 1 rings (SSSR count). The topological polar surface area (TPSA) is 67.2 Å². The van der Waals surface area contributed by atoms with E-state index in [0.29, 0.717) is 18.7 Å². The van der Waals surface area contributed by atoms with E-state index in [-0.39, 0.29) is 11.4 Å². The molecular formula is C13H20BrN3O. The molecule has 4 N–H and O–H groups in total. The summed E-state index contributed by atoms with van der Waals surface area (Å²) in [6, 6.07) is 5.63. The Morgan fingerprint density at radius 3 is 2.61 bits per heavy atom. The lowest BCUT2D eigenvalue weighted by Crippen LogP contribution is -2.41. The maximum absolute atomic E-state index is 11.6. The summed E-state index contributed by atoms with van der Waals surface area (Å²) in [7, 11) is 0. The molecule has 1 amide bonds. The Labute approximate surface area is 116 Å². The Morgan fingerprint density at radius 2 is 2.06 bits per heavy atom. The largest absolute Gasteiger partial charge is 0.397 e. The van der Waals surface area contributed by atoms with Crippen molar-refractivity contribution in [3.05, 3.63) is 22.7 Å². The Balaban J connectivity index is 2.40. The van der Waals surface area contributed by atoms with Gasteiger partial charge >= 0.3 is 0 Å². The molecule has 1 aromatic rings. The highest BCUT2D eigenvalue weighted by molar-refractivity contribution is 9.10. The number of nitrogens with two attached hydrogens (primary N) is 1. The van der Waals surface area contributed by atoms with Crippen LogP contribution >= 0.6 is 15.9 Å². The van der Waals surface area contributed by atoms with Crippen molar-refractivity contribution in [2.45, 2.75) is 32.7 Å². The van der Waals surface area contributed by atoms with Crippen molar-refractivity contribution in [3.8, 4) is 0 Å². The van der Waals surface area contributed by atoms with E-state index in [1.807, 2.05) is 39.0 Å². The predicted octanol–water partition coefficient (Wildman–Crippen LogP) is 2.75. The number of anilines is 2. The maximum Gasteiger partial charge on any atom is 0.222 e. The average molecular weight is 314 g/mol. The van der Waals surface area contributed by atoms with Gasteiger partial charge in [-0.2, -0.15) is 0 Å². The Hall–Kier alpha value is -1.23. The van der Waals surface area contributed by atoms with Gasteiger partial charge in [0, 0.05) is 23.0 Å². The van der Waals surface area contributed by atoms with E-state index < -0.39 is 0 Å². The van der Waals surface area contributed by atoms with E-state index in [1.54, 1.807) is 0 Å². The molecular weight excluding hydrogens is 294 g/mol. The third-order valence-corrected chi connectivity index (χ3v) is 2.69. The highest BCUT2D eigenvalue weighted by atomic mass is 79.9. The van der Waals surface area contributed by atoms with Crippen LogP contribution in [0.4, 0.5) is 11.4 Å². The summed E-state index contributed by atoms with van der Waals surface area (Å²) in [6.07, 6.45) is 0.423. The van der Waals surface area contributed by atoms with Crippen LogP contribution in [-0.4, -0.2) is 18.0 Å². The third kappa shape index (κ3) is 5.40. The predicted molar refractivity (Wildman–Crippen MR) is 79.6 cm³/mol. The summed E-state index contributed by atoms with van der Waals surface area (Å²) in [5.74, 6) is 0.0330. The zero-order valence-corrected chi connectivity index (χ0v) is 12.6. The monoisotopic (exact) mass is 313 g/mol. The first-order valence-corrected chi connectivity index (χ1v) is 6.67. The molecule has 1 aromatic carbocycles. The number of rotatable bonds is 4. The summed E-state index contributed by atoms with van der Waals surface area (Å²) in [5.41, 5.74) is 7.18. The smallest absolute Gasteiger partial charge is 0.222 e. The van der Waals surface area contributed by atoms with E-state index >= 15 is 0 Å². The molecule has 0 aliphatic rings. The van der Waals surface area contributed by atoms with Crippen molar-refractivity contribution in [3.63, 3.8) is 0 Å². The SMILES string of the molecule is CC(C)(C)NC(=O)CCNc1ccc(Br)cc1N. The zero-order chi connectivity index (χ0) is 13.8. The second-order valence-corrected chi connectivity index (χ2v) is 6.12. The summed E-state index contributed by atoms with van der Waals surface area (Å²) in [4.78, 5) is 11.6. The van der Waals surface area contributed by atoms with Crippen LogP contribution in [0.25, 0.3) is 0 Å². The molecule has 0 saturated carbocycles. The molecule has 0 aliphatic heterocycles. The third-order valence-electron chi connectivity index (χ3n) is 2.20. The van der Waals surface area contributed by atoms with Gasteiger partial charge in [0.15, 0.2) is 0 Å². The van der Waals surface area contributed by atoms with E-state index in [4.69, 9.17) is 5.73 Å². The van der Waals surface area contributed by atoms with Crippen LogP contribution in [0.2, 0.25) is 0 Å². The molecule has 0 spiro atoms. The molecule has 0 bridgehead atoms. The fraction of sp³-hybridized carbons (Fsp3) is 0.462. The molecule has 0 aromatic heterocycles. The van der Waals surface area contributed by atoms with Crippen LogP contribution in [0.15, 0.2) is 22.7 Å². The van der Waals surface area contributed by atoms with Crippen molar-refractivity contribution in [1.82, 2.24) is 5.32 Å². The minimum absolute atomic E-state index is 0.0330. The van der Waals surface area contributed by atoms with Gasteiger partial charge in [0.1, 0.15) is 0 Å². The van der Waals surface area contributed by atoms with Gasteiger partial charge in [-0.25, -0.2) is 0 Å². The van der Waals surface area contributed by atoms with Crippen LogP contribution in [0.1, 0.15) is 27.2 Å². The number of carbonyl (C=O) groups is 1. The molecule has 0 radical (unpaired) electrons. The van der Waals surface area contributed by atoms with Crippen molar-refractivity contribution in [1.29, 1.82) is 0 Å². The van der Waals surface area contributed by atoms with Gasteiger partial charge in [-0.3, -0.25) is 4.79 Å². The quantitative estimate of drug-likeness (QED) is 0.749. The zero-order valence-electron chi connectivity index (χ0n) is 11.0. The Bertz CT molecular complexity index is 427. The first-order valence-electron chi connectivity index (χ1n) is 5.88. The fourth-order valence-electron chi connectivity index (χ4n) is 1.49. The van der Waals surface area contributed by atoms with Crippen molar-refractivity contribution < 1.29 is 4.79 Å². The fourth-order valence-corrected chi connectivity index (χ4v) is 1.86. The molecule has 100 valence electrons. The summed E-state index contributed by atoms with van der Waals surface area (Å²) in [6.45, 7) is 6.45. The first-order chi connectivity index (χ1) is 8.28. The second kappa shape index (κ2) is 6.09. The molecule has 0 fully saturated rings. The summed E-state index contributed by atoms with van der Waals surface area (Å²) in [5, 5.41) is 6.06. The normalized spacial score (nSPS) is 11.1. The van der Waals surface area contributed by atoms with Crippen LogP contribution in [0.5, 0.6) is 0 Å². The van der Waals surface area contributed by atoms with E-state index in [9.17, 15) is 4.79 Å². The van der Waals surface area contributed by atoms with Crippen molar-refractivity contribution >= 4 is 33.2 Å². The van der Waals surface area contributed by atoms with Gasteiger partial charge in [-0.15, -0.1) is 0 Å². The number of nitrogens with one attached hydrogen (secondary N) is 2. The molecule has 0 heterocycles. The number of nitrogen functional groups attached to an aromatic ring is 1. The lowest BCUT2D eigenvalue weighted by Gasteiger charge is -2.20. The summed E-state index contributed by atoms with van der Waals surface area (Å²) >= 11 is 3.35. The van der Waals surface area contributed by atoms with Gasteiger partial charge < -0.3 is 16.4 Å². The minimum atomic E-state index is -0.187. The lowest BCUT2D eigenvalue weighted by atomic mass is 10.1. The van der Waals surface area contributed by atoms with Crippen molar-refractivity contribution in [2.75, 3.05) is 17.6 Å². The molecule has 18 heavy (non-hydrogen) atoms. The molecule has 5 heteroatoms. The lowest BCUT2D eigenvalue weighted by molar-refractivity contribution is -0.122. The Morgan fingerprint density at radius 1 is 1.39 bits per heavy atom. The van der Waals surface area contributed by atoms with Crippen LogP contribution in [-0.2, 0) is 4.79 Å². The molecule has 0 saturated heterocycles. The maximum atomic E-state index is 11.6. The number of amides is 1. The van der Waals surface area contributed by atoms with Gasteiger partial charge in [0.2, 0.25) is 5.91 Å². The number of carbonyl (C=O) groups excluding carboxylic acids is 1. The van der Waals surface area contributed by atoms with Crippen molar-refractivity contribution in [2.24, 2.45) is 0 Å². The van der Waals surface area contributed by atoms with Gasteiger partial charge in [0.25, 0.3) is 0 Å². The molecule has 0 atom stereocenters. The first kappa shape index (κ1) is 14.8. The Kier molecular flexibility index (Phi) is 5.02. The molecule has 0 unspecified atom stereocenters. The standard InChI is InChI=1S/C13H20BrN3O/c1-13(2,3)17-12(18)6-7-16-11-5-4-9(14)8-10(11)15/h4-5,8,16H,6-7,15H2,1-3H3,(H,17,18). The minimum Gasteiger partial charge on any atom is -0.397 e. The van der Waals surface area contributed by atoms with Crippen LogP contribution in [0, 0.1) is 0 Å². The summed E-state index contributed by atoms with van der Waals surface area (Å²) < 4.78 is 0.941. The highest BCUT2D eigenvalue weighted by Crippen LogP contribution is 2.22. The van der Waals surface area contributed by atoms with Crippen LogP contribution in [0.3, 0.4) is 0 Å². The molecule has 4 nitrogen and oxygen atoms in total. The number of halogens is 1. The van der Waals surface area contributed by atoms with Gasteiger partial charge in [-0.1, -0.05) is 15.9 Å². The van der Waals surface area contributed by atoms with Gasteiger partial charge in [0.05, 0.1) is 11.4 Å². The number of hydrogen-bond donors (Lipinski definition) is 3. The highest BCUT2D eigenvalue weighted by Gasteiger charge is 2.13. The van der Waals surface area contributed by atoms with E-state index in [1.165, 1.54) is 0 Å². The average Bonchev–Trinajstić information content (AvgIpc) is 2.18. The van der Waals surface area contributed by atoms with Crippen LogP contribution < -0.4 is 16.4 Å². The van der Waals surface area contributed by atoms with Gasteiger partial charge in [-0.05, 0) is 39.0 Å². The molecule has 0 aliphatic carbocycles. The number of benzene rings is 1. The number of hydrogen-bond acceptors (Lipinski definition) is 3. The van der Waals surface area contributed by atoms with E-state index in [2.05, 4.69) is 26.6 Å².